The zero-order valence-corrected chi connectivity index (χ0v) is 16.4. The first-order valence-corrected chi connectivity index (χ1v) is 9.42. The van der Waals surface area contributed by atoms with Gasteiger partial charge in [-0.2, -0.15) is 0 Å². The molecule has 1 fully saturated rings. The molecular formula is C23H16N2O7. The summed E-state index contributed by atoms with van der Waals surface area (Å²) in [5.41, 5.74) is -0.0314. The summed E-state index contributed by atoms with van der Waals surface area (Å²) in [5.74, 6) is -2.90. The second-order valence-corrected chi connectivity index (χ2v) is 7.06. The van der Waals surface area contributed by atoms with Crippen molar-refractivity contribution in [2.45, 2.75) is 6.04 Å². The van der Waals surface area contributed by atoms with Gasteiger partial charge in [-0.1, -0.05) is 24.3 Å². The smallest absolute Gasteiger partial charge is 0.300 e. The second kappa shape index (κ2) is 7.88. The number of aliphatic hydroxyl groups is 1. The molecule has 3 aromatic rings. The number of non-ortho nitro benzene ring substituents is 1. The van der Waals surface area contributed by atoms with Crippen LogP contribution in [0.4, 0.5) is 11.4 Å². The third kappa shape index (κ3) is 3.41. The Labute approximate surface area is 181 Å². The predicted molar refractivity (Wildman–Crippen MR) is 114 cm³/mol. The van der Waals surface area contributed by atoms with Gasteiger partial charge in [-0.25, -0.2) is 0 Å². The van der Waals surface area contributed by atoms with Gasteiger partial charge in [0.2, 0.25) is 0 Å². The molecule has 1 atom stereocenters. The van der Waals surface area contributed by atoms with Crippen LogP contribution in [0.3, 0.4) is 0 Å². The fraction of sp³-hybridized carbons (Fsp3) is 0.0435. The fourth-order valence-electron chi connectivity index (χ4n) is 3.66. The molecule has 1 unspecified atom stereocenters. The van der Waals surface area contributed by atoms with Crippen LogP contribution in [0.2, 0.25) is 0 Å². The van der Waals surface area contributed by atoms with E-state index in [-0.39, 0.29) is 34.0 Å². The van der Waals surface area contributed by atoms with Crippen LogP contribution in [0.15, 0.2) is 78.4 Å². The molecular weight excluding hydrogens is 416 g/mol. The molecule has 1 aliphatic rings. The lowest BCUT2D eigenvalue weighted by molar-refractivity contribution is -0.384. The number of Topliss-reactive ketones (excluding diaryl/α,β-unsaturated/α-hetero) is 1. The average Bonchev–Trinajstić information content (AvgIpc) is 3.04. The van der Waals surface area contributed by atoms with Crippen molar-refractivity contribution < 1.29 is 29.8 Å². The van der Waals surface area contributed by atoms with Crippen LogP contribution >= 0.6 is 0 Å². The Balaban J connectivity index is 1.94. The summed E-state index contributed by atoms with van der Waals surface area (Å²) < 4.78 is 0. The first-order valence-electron chi connectivity index (χ1n) is 9.42. The molecule has 0 spiro atoms. The summed E-state index contributed by atoms with van der Waals surface area (Å²) >= 11 is 0. The molecule has 3 aromatic carbocycles. The standard InChI is InChI=1S/C23H16N2O7/c26-16-5-3-4-14(12-16)20-19(21(28)13-8-10-15(11-9-13)25(31)32)22(29)23(30)24(20)17-6-1-2-7-18(17)27/h1-12,20,26-28H/b21-19-. The monoisotopic (exact) mass is 432 g/mol. The van der Waals surface area contributed by atoms with Crippen molar-refractivity contribution in [1.82, 2.24) is 0 Å². The van der Waals surface area contributed by atoms with E-state index in [1.807, 2.05) is 0 Å². The maximum atomic E-state index is 13.0. The molecule has 32 heavy (non-hydrogen) atoms. The lowest BCUT2D eigenvalue weighted by Crippen LogP contribution is -2.29. The summed E-state index contributed by atoms with van der Waals surface area (Å²) in [6.45, 7) is 0. The second-order valence-electron chi connectivity index (χ2n) is 7.06. The number of aromatic hydroxyl groups is 2. The van der Waals surface area contributed by atoms with E-state index in [2.05, 4.69) is 0 Å². The molecule has 9 heteroatoms. The van der Waals surface area contributed by atoms with Gasteiger partial charge in [0.05, 0.1) is 22.2 Å². The van der Waals surface area contributed by atoms with Gasteiger partial charge in [0.15, 0.2) is 0 Å². The number of ketones is 1. The van der Waals surface area contributed by atoms with Crippen molar-refractivity contribution >= 4 is 28.8 Å². The quantitative estimate of drug-likeness (QED) is 0.188. The number of para-hydroxylation sites is 2. The van der Waals surface area contributed by atoms with Crippen LogP contribution in [0.25, 0.3) is 5.76 Å². The van der Waals surface area contributed by atoms with E-state index in [0.29, 0.717) is 5.56 Å². The molecule has 1 saturated heterocycles. The number of carbonyl (C=O) groups is 2. The minimum Gasteiger partial charge on any atom is -0.508 e. The van der Waals surface area contributed by atoms with Gasteiger partial charge >= 0.3 is 0 Å². The van der Waals surface area contributed by atoms with Gasteiger partial charge in [0.1, 0.15) is 17.3 Å². The van der Waals surface area contributed by atoms with E-state index in [1.165, 1.54) is 42.5 Å². The Hall–Kier alpha value is -4.66. The fourth-order valence-corrected chi connectivity index (χ4v) is 3.66. The first-order chi connectivity index (χ1) is 15.3. The summed E-state index contributed by atoms with van der Waals surface area (Å²) in [7, 11) is 0. The lowest BCUT2D eigenvalue weighted by Gasteiger charge is -2.26. The molecule has 9 nitrogen and oxygen atoms in total. The molecule has 3 N–H and O–H groups in total. The van der Waals surface area contributed by atoms with Gasteiger partial charge in [-0.15, -0.1) is 0 Å². The highest BCUT2D eigenvalue weighted by atomic mass is 16.6. The van der Waals surface area contributed by atoms with Crippen LogP contribution in [0.1, 0.15) is 17.2 Å². The zero-order valence-electron chi connectivity index (χ0n) is 16.4. The molecule has 1 amide bonds. The highest BCUT2D eigenvalue weighted by Gasteiger charge is 2.47. The van der Waals surface area contributed by atoms with Gasteiger partial charge in [0.25, 0.3) is 17.4 Å². The molecule has 1 aliphatic heterocycles. The third-order valence-electron chi connectivity index (χ3n) is 5.12. The van der Waals surface area contributed by atoms with E-state index in [0.717, 1.165) is 17.0 Å². The van der Waals surface area contributed by atoms with E-state index >= 15 is 0 Å². The van der Waals surface area contributed by atoms with Crippen molar-refractivity contribution in [2.24, 2.45) is 0 Å². The highest BCUT2D eigenvalue weighted by Crippen LogP contribution is 2.45. The molecule has 0 saturated carbocycles. The minimum atomic E-state index is -1.16. The number of nitro groups is 1. The van der Waals surface area contributed by atoms with Gasteiger partial charge in [0, 0.05) is 17.7 Å². The number of aliphatic hydroxyl groups excluding tert-OH is 1. The Morgan fingerprint density at radius 2 is 1.62 bits per heavy atom. The maximum Gasteiger partial charge on any atom is 0.300 e. The number of nitro benzene ring substituents is 1. The summed E-state index contributed by atoms with van der Waals surface area (Å²) in [6.07, 6.45) is 0. The first kappa shape index (κ1) is 20.6. The Morgan fingerprint density at radius 1 is 0.938 bits per heavy atom. The molecule has 4 rings (SSSR count). The number of hydrogen-bond acceptors (Lipinski definition) is 7. The molecule has 0 aromatic heterocycles. The molecule has 0 radical (unpaired) electrons. The van der Waals surface area contributed by atoms with Gasteiger partial charge < -0.3 is 15.3 Å². The Kier molecular flexibility index (Phi) is 5.07. The van der Waals surface area contributed by atoms with Crippen molar-refractivity contribution in [2.75, 3.05) is 4.90 Å². The van der Waals surface area contributed by atoms with E-state index in [1.54, 1.807) is 18.2 Å². The largest absolute Gasteiger partial charge is 0.508 e. The highest BCUT2D eigenvalue weighted by molar-refractivity contribution is 6.51. The number of nitrogens with zero attached hydrogens (tertiary/aromatic N) is 2. The topological polar surface area (TPSA) is 141 Å². The Morgan fingerprint density at radius 3 is 2.25 bits per heavy atom. The summed E-state index contributed by atoms with van der Waals surface area (Å²) in [6, 6.07) is 15.4. The van der Waals surface area contributed by atoms with Crippen LogP contribution in [-0.4, -0.2) is 31.9 Å². The number of carbonyl (C=O) groups excluding carboxylic acids is 2. The van der Waals surface area contributed by atoms with E-state index < -0.39 is 28.4 Å². The number of phenols is 2. The molecule has 0 aliphatic carbocycles. The lowest BCUT2D eigenvalue weighted by atomic mass is 9.95. The van der Waals surface area contributed by atoms with Gasteiger partial charge in [-0.3, -0.25) is 24.6 Å². The predicted octanol–water partition coefficient (Wildman–Crippen LogP) is 3.63. The number of phenolic OH excluding ortho intramolecular Hbond substituents is 2. The maximum absolute atomic E-state index is 13.0. The SMILES string of the molecule is O=C1C(=O)N(c2ccccc2O)C(c2cccc(O)c2)/C1=C(/O)c1ccc([N+](=O)[O-])cc1. The van der Waals surface area contributed by atoms with Gasteiger partial charge in [-0.05, 0) is 42.0 Å². The van der Waals surface area contributed by atoms with Crippen LogP contribution < -0.4 is 4.90 Å². The summed E-state index contributed by atoms with van der Waals surface area (Å²) in [4.78, 5) is 37.3. The molecule has 160 valence electrons. The number of hydrogen-bond donors (Lipinski definition) is 3. The molecule has 1 heterocycles. The van der Waals surface area contributed by atoms with Crippen molar-refractivity contribution in [3.63, 3.8) is 0 Å². The average molecular weight is 432 g/mol. The van der Waals surface area contributed by atoms with Crippen LogP contribution in [0, 0.1) is 10.1 Å². The normalized spacial score (nSPS) is 17.5. The van der Waals surface area contributed by atoms with E-state index in [4.69, 9.17) is 0 Å². The number of anilines is 1. The Bertz CT molecular complexity index is 1280. The summed E-state index contributed by atoms with van der Waals surface area (Å²) in [5, 5.41) is 42.2. The minimum absolute atomic E-state index is 0.0469. The number of amides is 1. The van der Waals surface area contributed by atoms with Crippen molar-refractivity contribution in [3.05, 3.63) is 99.6 Å². The third-order valence-corrected chi connectivity index (χ3v) is 5.12. The number of rotatable bonds is 4. The van der Waals surface area contributed by atoms with Crippen molar-refractivity contribution in [3.8, 4) is 11.5 Å². The van der Waals surface area contributed by atoms with Crippen LogP contribution in [-0.2, 0) is 9.59 Å². The molecule has 0 bridgehead atoms. The number of benzene rings is 3. The van der Waals surface area contributed by atoms with Crippen LogP contribution in [0.5, 0.6) is 11.5 Å². The van der Waals surface area contributed by atoms with Crippen molar-refractivity contribution in [1.29, 1.82) is 0 Å². The van der Waals surface area contributed by atoms with E-state index in [9.17, 15) is 35.0 Å². The zero-order chi connectivity index (χ0) is 23.0.